The van der Waals surface area contributed by atoms with E-state index in [2.05, 4.69) is 20.4 Å². The maximum absolute atomic E-state index is 13.1. The SMILES string of the molecule is CCC(C(=O)OC)(c1ccccc1)n1ncc2c(NCC(=O)c3ccco3)nc(N)nc21. The Bertz CT molecular complexity index is 1250. The number of ketones is 1. The van der Waals surface area contributed by atoms with Crippen molar-refractivity contribution in [3.63, 3.8) is 0 Å². The number of methoxy groups -OCH3 is 1. The Morgan fingerprint density at radius 2 is 1.97 bits per heavy atom. The summed E-state index contributed by atoms with van der Waals surface area (Å²) in [6, 6.07) is 12.4. The Hall–Kier alpha value is -4.21. The third kappa shape index (κ3) is 3.45. The summed E-state index contributed by atoms with van der Waals surface area (Å²) in [5.41, 5.74) is 5.73. The van der Waals surface area contributed by atoms with E-state index in [0.29, 0.717) is 28.8 Å². The zero-order chi connectivity index (χ0) is 22.7. The maximum Gasteiger partial charge on any atom is 0.338 e. The highest BCUT2D eigenvalue weighted by molar-refractivity contribution is 5.98. The summed E-state index contributed by atoms with van der Waals surface area (Å²) in [4.78, 5) is 34.0. The molecule has 0 bridgehead atoms. The number of nitrogens with one attached hydrogen (secondary N) is 1. The highest BCUT2D eigenvalue weighted by atomic mass is 16.5. The molecule has 1 aromatic carbocycles. The summed E-state index contributed by atoms with van der Waals surface area (Å²) < 4.78 is 11.8. The van der Waals surface area contributed by atoms with Crippen molar-refractivity contribution in [2.75, 3.05) is 24.7 Å². The molecule has 0 radical (unpaired) electrons. The lowest BCUT2D eigenvalue weighted by Crippen LogP contribution is -2.44. The lowest BCUT2D eigenvalue weighted by molar-refractivity contribution is -0.149. The van der Waals surface area contributed by atoms with Gasteiger partial charge < -0.3 is 20.2 Å². The molecule has 164 valence electrons. The summed E-state index contributed by atoms with van der Waals surface area (Å²) in [6.07, 6.45) is 3.31. The lowest BCUT2D eigenvalue weighted by Gasteiger charge is -2.31. The van der Waals surface area contributed by atoms with Gasteiger partial charge in [0.05, 0.1) is 31.5 Å². The largest absolute Gasteiger partial charge is 0.467 e. The summed E-state index contributed by atoms with van der Waals surface area (Å²) >= 11 is 0. The summed E-state index contributed by atoms with van der Waals surface area (Å²) in [6.45, 7) is 1.79. The molecule has 4 rings (SSSR count). The zero-order valence-electron chi connectivity index (χ0n) is 17.6. The van der Waals surface area contributed by atoms with Crippen LogP contribution in [0.3, 0.4) is 0 Å². The maximum atomic E-state index is 13.1. The van der Waals surface area contributed by atoms with Crippen LogP contribution >= 0.6 is 0 Å². The normalized spacial score (nSPS) is 12.9. The molecule has 0 saturated heterocycles. The molecular weight excluding hydrogens is 412 g/mol. The van der Waals surface area contributed by atoms with Crippen molar-refractivity contribution in [1.29, 1.82) is 0 Å². The van der Waals surface area contributed by atoms with Crippen molar-refractivity contribution >= 4 is 34.6 Å². The molecule has 3 N–H and O–H groups in total. The monoisotopic (exact) mass is 434 g/mol. The highest BCUT2D eigenvalue weighted by Gasteiger charge is 2.44. The molecular formula is C22H22N6O4. The first-order chi connectivity index (χ1) is 15.5. The second kappa shape index (κ2) is 8.50. The van der Waals surface area contributed by atoms with Crippen LogP contribution in [0.25, 0.3) is 11.0 Å². The van der Waals surface area contributed by atoms with Gasteiger partial charge in [0.1, 0.15) is 5.82 Å². The van der Waals surface area contributed by atoms with Gasteiger partial charge in [-0.15, -0.1) is 0 Å². The average molecular weight is 434 g/mol. The Balaban J connectivity index is 1.81. The van der Waals surface area contributed by atoms with Crippen molar-refractivity contribution < 1.29 is 18.7 Å². The van der Waals surface area contributed by atoms with E-state index in [0.717, 1.165) is 0 Å². The minimum absolute atomic E-state index is 0.0323. The number of carbonyl (C=O) groups excluding carboxylic acids is 2. The number of fused-ring (bicyclic) bond motifs is 1. The number of Topliss-reactive ketones (excluding diaryl/α,β-unsaturated/α-hetero) is 1. The molecule has 0 aliphatic carbocycles. The van der Waals surface area contributed by atoms with Crippen molar-refractivity contribution in [1.82, 2.24) is 19.7 Å². The first kappa shape index (κ1) is 21.0. The Morgan fingerprint density at radius 3 is 2.62 bits per heavy atom. The number of ether oxygens (including phenoxy) is 1. The fourth-order valence-corrected chi connectivity index (χ4v) is 3.73. The first-order valence-electron chi connectivity index (χ1n) is 9.97. The Morgan fingerprint density at radius 1 is 1.19 bits per heavy atom. The van der Waals surface area contributed by atoms with E-state index < -0.39 is 11.5 Å². The summed E-state index contributed by atoms with van der Waals surface area (Å²) in [5, 5.41) is 7.95. The van der Waals surface area contributed by atoms with Crippen LogP contribution in [0.15, 0.2) is 59.3 Å². The third-order valence-electron chi connectivity index (χ3n) is 5.31. The van der Waals surface area contributed by atoms with Crippen LogP contribution < -0.4 is 11.1 Å². The van der Waals surface area contributed by atoms with Crippen LogP contribution in [0.2, 0.25) is 0 Å². The van der Waals surface area contributed by atoms with Crippen molar-refractivity contribution in [2.45, 2.75) is 18.9 Å². The van der Waals surface area contributed by atoms with E-state index in [1.165, 1.54) is 24.3 Å². The molecule has 0 spiro atoms. The van der Waals surface area contributed by atoms with Crippen LogP contribution in [0.4, 0.5) is 11.8 Å². The van der Waals surface area contributed by atoms with Crippen molar-refractivity contribution in [2.24, 2.45) is 0 Å². The molecule has 0 saturated carbocycles. The fraction of sp³-hybridized carbons (Fsp3) is 0.227. The molecule has 0 fully saturated rings. The van der Waals surface area contributed by atoms with Crippen molar-refractivity contribution in [3.05, 3.63) is 66.2 Å². The Labute approximate surface area is 183 Å². The molecule has 10 nitrogen and oxygen atoms in total. The minimum atomic E-state index is -1.26. The van der Waals surface area contributed by atoms with Gasteiger partial charge in [0.25, 0.3) is 0 Å². The van der Waals surface area contributed by atoms with Crippen LogP contribution in [-0.2, 0) is 15.1 Å². The van der Waals surface area contributed by atoms with Gasteiger partial charge in [-0.1, -0.05) is 37.3 Å². The van der Waals surface area contributed by atoms with Gasteiger partial charge in [0, 0.05) is 0 Å². The number of hydrogen-bond donors (Lipinski definition) is 2. The predicted octanol–water partition coefficient (Wildman–Crippen LogP) is 2.62. The fourth-order valence-electron chi connectivity index (χ4n) is 3.73. The third-order valence-corrected chi connectivity index (χ3v) is 5.31. The standard InChI is InChI=1S/C22H22N6O4/c1-3-22(20(30)31-2,14-8-5-4-6-9-14)28-19-15(12-25-28)18(26-21(23)27-19)24-13-16(29)17-10-7-11-32-17/h4-12H,3,13H2,1-2H3,(H3,23,24,26,27). The number of esters is 1. The number of benzene rings is 1. The number of furan rings is 1. The topological polar surface area (TPSA) is 138 Å². The highest BCUT2D eigenvalue weighted by Crippen LogP contribution is 2.35. The van der Waals surface area contributed by atoms with Gasteiger partial charge >= 0.3 is 5.97 Å². The quantitative estimate of drug-likeness (QED) is 0.316. The first-order valence-corrected chi connectivity index (χ1v) is 9.97. The molecule has 32 heavy (non-hydrogen) atoms. The van der Waals surface area contributed by atoms with Gasteiger partial charge in [0.15, 0.2) is 16.9 Å². The van der Waals surface area contributed by atoms with Gasteiger partial charge in [-0.3, -0.25) is 4.79 Å². The smallest absolute Gasteiger partial charge is 0.338 e. The molecule has 4 aromatic rings. The van der Waals surface area contributed by atoms with E-state index in [1.807, 2.05) is 37.3 Å². The second-order valence-corrected chi connectivity index (χ2v) is 7.05. The molecule has 1 unspecified atom stereocenters. The van der Waals surface area contributed by atoms with Gasteiger partial charge in [-0.05, 0) is 24.1 Å². The number of aromatic nitrogens is 4. The van der Waals surface area contributed by atoms with Crippen LogP contribution in [0, 0.1) is 0 Å². The molecule has 0 aliphatic rings. The van der Waals surface area contributed by atoms with E-state index in [-0.39, 0.29) is 24.0 Å². The molecule has 0 amide bonds. The van der Waals surface area contributed by atoms with Crippen LogP contribution in [0.5, 0.6) is 0 Å². The number of hydrogen-bond acceptors (Lipinski definition) is 9. The molecule has 10 heteroatoms. The minimum Gasteiger partial charge on any atom is -0.467 e. The molecule has 0 aliphatic heterocycles. The Kier molecular flexibility index (Phi) is 5.59. The molecule has 3 aromatic heterocycles. The van der Waals surface area contributed by atoms with E-state index >= 15 is 0 Å². The number of nitrogen functional groups attached to an aromatic ring is 1. The van der Waals surface area contributed by atoms with Gasteiger partial charge in [0.2, 0.25) is 11.7 Å². The molecule has 3 heterocycles. The number of anilines is 2. The van der Waals surface area contributed by atoms with E-state index in [4.69, 9.17) is 14.9 Å². The van der Waals surface area contributed by atoms with E-state index in [1.54, 1.807) is 12.1 Å². The second-order valence-electron chi connectivity index (χ2n) is 7.05. The number of nitrogens with two attached hydrogens (primary N) is 1. The van der Waals surface area contributed by atoms with Crippen molar-refractivity contribution in [3.8, 4) is 0 Å². The van der Waals surface area contributed by atoms with Crippen LogP contribution in [0.1, 0.15) is 29.5 Å². The molecule has 1 atom stereocenters. The lowest BCUT2D eigenvalue weighted by atomic mass is 9.87. The predicted molar refractivity (Wildman–Crippen MR) is 117 cm³/mol. The average Bonchev–Trinajstić information content (AvgIpc) is 3.50. The van der Waals surface area contributed by atoms with Gasteiger partial charge in [-0.2, -0.15) is 15.1 Å². The summed E-state index contributed by atoms with van der Waals surface area (Å²) in [5.74, 6) is -0.228. The van der Waals surface area contributed by atoms with Crippen LogP contribution in [-0.4, -0.2) is 45.2 Å². The number of rotatable bonds is 8. The number of nitrogens with zero attached hydrogens (tertiary/aromatic N) is 4. The zero-order valence-corrected chi connectivity index (χ0v) is 17.6. The van der Waals surface area contributed by atoms with E-state index in [9.17, 15) is 9.59 Å². The van der Waals surface area contributed by atoms with Gasteiger partial charge in [-0.25, -0.2) is 9.48 Å². The summed E-state index contributed by atoms with van der Waals surface area (Å²) in [7, 11) is 1.33. The number of carbonyl (C=O) groups is 2.